The topological polar surface area (TPSA) is 32.3 Å². The summed E-state index contributed by atoms with van der Waals surface area (Å²) < 4.78 is 0. The summed E-state index contributed by atoms with van der Waals surface area (Å²) in [4.78, 5) is 13.9. The van der Waals surface area contributed by atoms with Crippen LogP contribution in [0.25, 0.3) is 0 Å². The number of amides is 1. The summed E-state index contributed by atoms with van der Waals surface area (Å²) in [5, 5.41) is 3.38. The van der Waals surface area contributed by atoms with Crippen molar-refractivity contribution in [3.63, 3.8) is 0 Å². The summed E-state index contributed by atoms with van der Waals surface area (Å²) in [5.41, 5.74) is 0. The molecule has 0 spiro atoms. The highest BCUT2D eigenvalue weighted by atomic mass is 16.2. The minimum Gasteiger partial charge on any atom is -0.343 e. The van der Waals surface area contributed by atoms with Crippen LogP contribution in [0.1, 0.15) is 46.0 Å². The Balaban J connectivity index is 2.35. The third-order valence-electron chi connectivity index (χ3n) is 3.42. The molecule has 0 aliphatic carbocycles. The normalized spacial score (nSPS) is 21.9. The van der Waals surface area contributed by atoms with E-state index in [1.165, 1.54) is 6.42 Å². The van der Waals surface area contributed by atoms with E-state index >= 15 is 0 Å². The quantitative estimate of drug-likeness (QED) is 0.795. The van der Waals surface area contributed by atoms with Crippen molar-refractivity contribution >= 4 is 5.91 Å². The van der Waals surface area contributed by atoms with Gasteiger partial charge in [0.1, 0.15) is 0 Å². The summed E-state index contributed by atoms with van der Waals surface area (Å²) >= 11 is 0. The molecular weight excluding hydrogens is 200 g/mol. The molecule has 1 aliphatic heterocycles. The Hall–Kier alpha value is -0.570. The second-order valence-electron chi connectivity index (χ2n) is 5.27. The molecule has 0 aromatic carbocycles. The number of carbonyl (C=O) groups is 1. The van der Waals surface area contributed by atoms with Gasteiger partial charge in [-0.3, -0.25) is 4.79 Å². The molecule has 16 heavy (non-hydrogen) atoms. The predicted octanol–water partition coefficient (Wildman–Crippen LogP) is 2.02. The number of nitrogens with one attached hydrogen (secondary N) is 1. The van der Waals surface area contributed by atoms with Gasteiger partial charge in [0.05, 0.1) is 0 Å². The van der Waals surface area contributed by atoms with Gasteiger partial charge >= 0.3 is 0 Å². The molecule has 0 radical (unpaired) electrons. The zero-order chi connectivity index (χ0) is 12.0. The second kappa shape index (κ2) is 6.89. The second-order valence-corrected chi connectivity index (χ2v) is 5.27. The predicted molar refractivity (Wildman–Crippen MR) is 67.4 cm³/mol. The van der Waals surface area contributed by atoms with Gasteiger partial charge in [0.2, 0.25) is 5.91 Å². The van der Waals surface area contributed by atoms with Crippen LogP contribution in [0.5, 0.6) is 0 Å². The van der Waals surface area contributed by atoms with Crippen molar-refractivity contribution in [1.29, 1.82) is 0 Å². The molecule has 1 saturated heterocycles. The number of nitrogens with zero attached hydrogens (tertiary/aromatic N) is 1. The highest BCUT2D eigenvalue weighted by Crippen LogP contribution is 2.14. The van der Waals surface area contributed by atoms with Crippen molar-refractivity contribution in [2.75, 3.05) is 20.1 Å². The van der Waals surface area contributed by atoms with E-state index < -0.39 is 0 Å². The number of hydrogen-bond donors (Lipinski definition) is 1. The lowest BCUT2D eigenvalue weighted by molar-refractivity contribution is -0.132. The molecule has 0 saturated carbocycles. The van der Waals surface area contributed by atoms with Crippen LogP contribution in [-0.4, -0.2) is 37.0 Å². The minimum absolute atomic E-state index is 0.320. The summed E-state index contributed by atoms with van der Waals surface area (Å²) in [6.45, 7) is 6.49. The van der Waals surface area contributed by atoms with Gasteiger partial charge in [0.25, 0.3) is 0 Å². The van der Waals surface area contributed by atoms with E-state index in [-0.39, 0.29) is 0 Å². The number of rotatable bonds is 4. The van der Waals surface area contributed by atoms with Gasteiger partial charge in [-0.1, -0.05) is 13.8 Å². The molecule has 94 valence electrons. The average Bonchev–Trinajstić information content (AvgIpc) is 2.53. The van der Waals surface area contributed by atoms with E-state index in [0.29, 0.717) is 24.3 Å². The van der Waals surface area contributed by atoms with E-state index in [9.17, 15) is 4.79 Å². The fraction of sp³-hybridized carbons (Fsp3) is 0.923. The molecule has 0 aromatic heterocycles. The van der Waals surface area contributed by atoms with Crippen molar-refractivity contribution in [3.05, 3.63) is 0 Å². The molecule has 0 bridgehead atoms. The van der Waals surface area contributed by atoms with E-state index in [1.807, 2.05) is 11.9 Å². The van der Waals surface area contributed by atoms with Gasteiger partial charge in [-0.15, -0.1) is 0 Å². The van der Waals surface area contributed by atoms with Crippen molar-refractivity contribution in [2.24, 2.45) is 5.92 Å². The molecule has 3 heteroatoms. The molecule has 1 amide bonds. The third-order valence-corrected chi connectivity index (χ3v) is 3.42. The Labute approximate surface area is 99.6 Å². The van der Waals surface area contributed by atoms with Gasteiger partial charge in [-0.05, 0) is 44.7 Å². The van der Waals surface area contributed by atoms with Crippen LogP contribution in [0.15, 0.2) is 0 Å². The molecular formula is C13H26N2O. The Bertz CT molecular complexity index is 208. The summed E-state index contributed by atoms with van der Waals surface area (Å²) in [6, 6.07) is 0.453. The zero-order valence-electron chi connectivity index (χ0n) is 11.0. The van der Waals surface area contributed by atoms with Crippen LogP contribution in [0.3, 0.4) is 0 Å². The van der Waals surface area contributed by atoms with Crippen LogP contribution >= 0.6 is 0 Å². The monoisotopic (exact) mass is 226 g/mol. The standard InChI is InChI=1S/C13H26N2O/c1-11(2)6-7-13(16)15(3)12-5-4-9-14-10-8-12/h11-12,14H,4-10H2,1-3H3. The molecule has 1 unspecified atom stereocenters. The van der Waals surface area contributed by atoms with Crippen LogP contribution in [0.2, 0.25) is 0 Å². The maximum absolute atomic E-state index is 12.0. The highest BCUT2D eigenvalue weighted by molar-refractivity contribution is 5.76. The summed E-state index contributed by atoms with van der Waals surface area (Å²) in [6.07, 6.45) is 5.15. The fourth-order valence-electron chi connectivity index (χ4n) is 2.18. The van der Waals surface area contributed by atoms with E-state index in [1.54, 1.807) is 0 Å². The Morgan fingerprint density at radius 2 is 2.12 bits per heavy atom. The third kappa shape index (κ3) is 4.52. The minimum atomic E-state index is 0.320. The van der Waals surface area contributed by atoms with Gasteiger partial charge in [-0.2, -0.15) is 0 Å². The van der Waals surface area contributed by atoms with Gasteiger partial charge < -0.3 is 10.2 Å². The molecule has 1 N–H and O–H groups in total. The maximum Gasteiger partial charge on any atom is 0.222 e. The summed E-state index contributed by atoms with van der Waals surface area (Å²) in [5.74, 6) is 0.939. The lowest BCUT2D eigenvalue weighted by Crippen LogP contribution is -2.37. The van der Waals surface area contributed by atoms with Gasteiger partial charge in [0, 0.05) is 19.5 Å². The lowest BCUT2D eigenvalue weighted by atomic mass is 10.0. The summed E-state index contributed by atoms with van der Waals surface area (Å²) in [7, 11) is 1.97. The number of carbonyl (C=O) groups excluding carboxylic acids is 1. The van der Waals surface area contributed by atoms with Crippen molar-refractivity contribution in [1.82, 2.24) is 10.2 Å². The largest absolute Gasteiger partial charge is 0.343 e. The van der Waals surface area contributed by atoms with Crippen LogP contribution in [0.4, 0.5) is 0 Å². The fourth-order valence-corrected chi connectivity index (χ4v) is 2.18. The molecule has 1 fully saturated rings. The van der Waals surface area contributed by atoms with Crippen molar-refractivity contribution in [2.45, 2.75) is 52.0 Å². The van der Waals surface area contributed by atoms with E-state index in [2.05, 4.69) is 19.2 Å². The first-order valence-electron chi connectivity index (χ1n) is 6.57. The zero-order valence-corrected chi connectivity index (χ0v) is 11.0. The Kier molecular flexibility index (Phi) is 5.81. The van der Waals surface area contributed by atoms with Crippen molar-refractivity contribution < 1.29 is 4.79 Å². The maximum atomic E-state index is 12.0. The molecule has 1 heterocycles. The van der Waals surface area contributed by atoms with Crippen LogP contribution in [-0.2, 0) is 4.79 Å². The van der Waals surface area contributed by atoms with Crippen LogP contribution < -0.4 is 5.32 Å². The molecule has 3 nitrogen and oxygen atoms in total. The Morgan fingerprint density at radius 1 is 1.38 bits per heavy atom. The first kappa shape index (κ1) is 13.5. The molecule has 1 atom stereocenters. The SMILES string of the molecule is CC(C)CCC(=O)N(C)C1CCCNCC1. The van der Waals surface area contributed by atoms with Crippen LogP contribution in [0, 0.1) is 5.92 Å². The smallest absolute Gasteiger partial charge is 0.222 e. The molecule has 0 aromatic rings. The Morgan fingerprint density at radius 3 is 2.81 bits per heavy atom. The van der Waals surface area contributed by atoms with E-state index in [4.69, 9.17) is 0 Å². The average molecular weight is 226 g/mol. The van der Waals surface area contributed by atoms with Crippen molar-refractivity contribution in [3.8, 4) is 0 Å². The van der Waals surface area contributed by atoms with E-state index in [0.717, 1.165) is 32.4 Å². The molecule has 1 rings (SSSR count). The first-order valence-corrected chi connectivity index (χ1v) is 6.57. The number of hydrogen-bond acceptors (Lipinski definition) is 2. The molecule has 1 aliphatic rings. The lowest BCUT2D eigenvalue weighted by Gasteiger charge is -2.27. The van der Waals surface area contributed by atoms with Gasteiger partial charge in [-0.25, -0.2) is 0 Å². The van der Waals surface area contributed by atoms with Gasteiger partial charge in [0.15, 0.2) is 0 Å². The first-order chi connectivity index (χ1) is 7.61. The highest BCUT2D eigenvalue weighted by Gasteiger charge is 2.20.